The summed E-state index contributed by atoms with van der Waals surface area (Å²) in [6, 6.07) is 8.33. The van der Waals surface area contributed by atoms with Gasteiger partial charge in [0.05, 0.1) is 20.3 Å². The first-order valence-electron chi connectivity index (χ1n) is 9.56. The Morgan fingerprint density at radius 2 is 1.84 bits per heavy atom. The molecule has 0 radical (unpaired) electrons. The molecular formula is C21H33NO3. The van der Waals surface area contributed by atoms with Gasteiger partial charge in [-0.3, -0.25) is 0 Å². The van der Waals surface area contributed by atoms with Crippen LogP contribution in [0.15, 0.2) is 24.3 Å². The summed E-state index contributed by atoms with van der Waals surface area (Å²) in [5.41, 5.74) is 0.902. The lowest BCUT2D eigenvalue weighted by Crippen LogP contribution is -2.45. The molecule has 0 saturated heterocycles. The van der Waals surface area contributed by atoms with Crippen LogP contribution in [-0.2, 0) is 4.74 Å². The first kappa shape index (κ1) is 18.5. The van der Waals surface area contributed by atoms with Crippen LogP contribution >= 0.6 is 0 Å². The van der Waals surface area contributed by atoms with Crippen LogP contribution in [0.25, 0.3) is 0 Å². The first-order chi connectivity index (χ1) is 12.0. The van der Waals surface area contributed by atoms with E-state index in [1.807, 2.05) is 24.3 Å². The Hall–Kier alpha value is -1.26. The van der Waals surface area contributed by atoms with Crippen molar-refractivity contribution in [3.63, 3.8) is 0 Å². The molecule has 4 heteroatoms. The third-order valence-corrected chi connectivity index (χ3v) is 6.99. The summed E-state index contributed by atoms with van der Waals surface area (Å²) in [4.78, 5) is 0. The maximum atomic E-state index is 5.73. The summed E-state index contributed by atoms with van der Waals surface area (Å²) in [5.74, 6) is 2.41. The van der Waals surface area contributed by atoms with Crippen molar-refractivity contribution in [3.05, 3.63) is 24.3 Å². The fourth-order valence-electron chi connectivity index (χ4n) is 4.87. The quantitative estimate of drug-likeness (QED) is 0.688. The van der Waals surface area contributed by atoms with Crippen LogP contribution < -0.4 is 14.8 Å². The average molecular weight is 347 g/mol. The molecule has 2 saturated carbocycles. The lowest BCUT2D eigenvalue weighted by molar-refractivity contribution is 0.0865. The molecule has 1 aromatic carbocycles. The number of hydrogen-bond acceptors (Lipinski definition) is 4. The van der Waals surface area contributed by atoms with Crippen LogP contribution in [0.1, 0.15) is 40.0 Å². The van der Waals surface area contributed by atoms with Gasteiger partial charge < -0.3 is 19.5 Å². The monoisotopic (exact) mass is 347 g/mol. The second-order valence-electron chi connectivity index (χ2n) is 8.23. The van der Waals surface area contributed by atoms with Gasteiger partial charge in [0, 0.05) is 12.6 Å². The van der Waals surface area contributed by atoms with Crippen LogP contribution in [0.2, 0.25) is 0 Å². The van der Waals surface area contributed by atoms with Crippen molar-refractivity contribution in [3.8, 4) is 11.5 Å². The van der Waals surface area contributed by atoms with Gasteiger partial charge in [0.1, 0.15) is 6.61 Å². The molecule has 2 aliphatic carbocycles. The molecule has 2 fully saturated rings. The van der Waals surface area contributed by atoms with E-state index in [4.69, 9.17) is 14.2 Å². The predicted molar refractivity (Wildman–Crippen MR) is 100 cm³/mol. The molecule has 140 valence electrons. The highest BCUT2D eigenvalue weighted by molar-refractivity contribution is 5.39. The van der Waals surface area contributed by atoms with Crippen molar-refractivity contribution in [1.29, 1.82) is 0 Å². The highest BCUT2D eigenvalue weighted by Gasteiger charge is 2.60. The minimum Gasteiger partial charge on any atom is -0.493 e. The standard InChI is InChI=1S/C21H33NO3/c1-20(2)16-9-10-21(20,3)19(15-16)22-11-12-24-13-14-25-18-8-6-5-7-17(18)23-4/h5-8,16,19,22H,9-15H2,1-4H3. The molecule has 25 heavy (non-hydrogen) atoms. The molecule has 4 nitrogen and oxygen atoms in total. The lowest BCUT2D eigenvalue weighted by Gasteiger charge is -2.39. The van der Waals surface area contributed by atoms with E-state index >= 15 is 0 Å². The third-order valence-electron chi connectivity index (χ3n) is 6.99. The summed E-state index contributed by atoms with van der Waals surface area (Å²) in [5, 5.41) is 3.75. The predicted octanol–water partition coefficient (Wildman–Crippen LogP) is 3.90. The fourth-order valence-corrected chi connectivity index (χ4v) is 4.87. The van der Waals surface area contributed by atoms with E-state index in [0.717, 1.165) is 30.6 Å². The Kier molecular flexibility index (Phi) is 5.59. The van der Waals surface area contributed by atoms with Crippen LogP contribution in [0.5, 0.6) is 11.5 Å². The van der Waals surface area contributed by atoms with Gasteiger partial charge in [-0.15, -0.1) is 0 Å². The number of ether oxygens (including phenoxy) is 3. The van der Waals surface area contributed by atoms with Crippen molar-refractivity contribution in [2.24, 2.45) is 16.7 Å². The van der Waals surface area contributed by atoms with Gasteiger partial charge >= 0.3 is 0 Å². The second-order valence-corrected chi connectivity index (χ2v) is 8.23. The molecule has 0 amide bonds. The van der Waals surface area contributed by atoms with Crippen molar-refractivity contribution in [2.75, 3.05) is 33.5 Å². The number of benzene rings is 1. The zero-order chi connectivity index (χ0) is 17.9. The number of rotatable bonds is 9. The Bertz CT molecular complexity index is 574. The van der Waals surface area contributed by atoms with E-state index in [1.54, 1.807) is 7.11 Å². The maximum absolute atomic E-state index is 5.73. The molecule has 0 aliphatic heterocycles. The van der Waals surface area contributed by atoms with E-state index in [-0.39, 0.29) is 0 Å². The lowest BCUT2D eigenvalue weighted by atomic mass is 9.69. The normalized spacial score (nSPS) is 29.8. The maximum Gasteiger partial charge on any atom is 0.161 e. The van der Waals surface area contributed by atoms with Crippen molar-refractivity contribution < 1.29 is 14.2 Å². The van der Waals surface area contributed by atoms with Crippen LogP contribution in [-0.4, -0.2) is 39.5 Å². The van der Waals surface area contributed by atoms with Crippen molar-refractivity contribution in [2.45, 2.75) is 46.1 Å². The van der Waals surface area contributed by atoms with E-state index in [9.17, 15) is 0 Å². The third kappa shape index (κ3) is 3.52. The first-order valence-corrected chi connectivity index (χ1v) is 9.56. The Morgan fingerprint density at radius 3 is 2.48 bits per heavy atom. The highest BCUT2D eigenvalue weighted by atomic mass is 16.5. The van der Waals surface area contributed by atoms with Crippen LogP contribution in [0.4, 0.5) is 0 Å². The molecule has 3 rings (SSSR count). The summed E-state index contributed by atoms with van der Waals surface area (Å²) < 4.78 is 16.7. The number of para-hydroxylation sites is 2. The van der Waals surface area contributed by atoms with Gasteiger partial charge in [-0.1, -0.05) is 32.9 Å². The summed E-state index contributed by atoms with van der Waals surface area (Å²) in [7, 11) is 1.65. The molecule has 0 heterocycles. The summed E-state index contributed by atoms with van der Waals surface area (Å²) >= 11 is 0. The molecule has 1 aromatic rings. The molecule has 0 aromatic heterocycles. The molecule has 2 bridgehead atoms. The number of methoxy groups -OCH3 is 1. The average Bonchev–Trinajstić information content (AvgIpc) is 2.94. The Balaban J connectivity index is 1.31. The zero-order valence-electron chi connectivity index (χ0n) is 16.1. The fraction of sp³-hybridized carbons (Fsp3) is 0.714. The Morgan fingerprint density at radius 1 is 1.08 bits per heavy atom. The largest absolute Gasteiger partial charge is 0.493 e. The SMILES string of the molecule is COc1ccccc1OCCOCCNC1CC2CCC1(C)C2(C)C. The van der Waals surface area contributed by atoms with Gasteiger partial charge in [0.15, 0.2) is 11.5 Å². The van der Waals surface area contributed by atoms with E-state index < -0.39 is 0 Å². The minimum absolute atomic E-state index is 0.435. The van der Waals surface area contributed by atoms with Crippen molar-refractivity contribution in [1.82, 2.24) is 5.32 Å². The number of hydrogen-bond donors (Lipinski definition) is 1. The smallest absolute Gasteiger partial charge is 0.161 e. The van der Waals surface area contributed by atoms with Crippen LogP contribution in [0.3, 0.4) is 0 Å². The minimum atomic E-state index is 0.435. The molecule has 0 spiro atoms. The topological polar surface area (TPSA) is 39.7 Å². The highest BCUT2D eigenvalue weighted by Crippen LogP contribution is 2.65. The van der Waals surface area contributed by atoms with Crippen LogP contribution in [0, 0.1) is 16.7 Å². The summed E-state index contributed by atoms with van der Waals surface area (Å²) in [6.45, 7) is 10.2. The Labute approximate surface area is 152 Å². The van der Waals surface area contributed by atoms with E-state index in [2.05, 4.69) is 26.1 Å². The molecule has 3 unspecified atom stereocenters. The van der Waals surface area contributed by atoms with Gasteiger partial charge in [0.25, 0.3) is 0 Å². The number of fused-ring (bicyclic) bond motifs is 2. The zero-order valence-corrected chi connectivity index (χ0v) is 16.1. The molecular weight excluding hydrogens is 314 g/mol. The molecule has 2 aliphatic rings. The summed E-state index contributed by atoms with van der Waals surface area (Å²) in [6.07, 6.45) is 4.08. The molecule has 1 N–H and O–H groups in total. The van der Waals surface area contributed by atoms with Gasteiger partial charge in [-0.25, -0.2) is 0 Å². The van der Waals surface area contributed by atoms with Gasteiger partial charge in [-0.2, -0.15) is 0 Å². The van der Waals surface area contributed by atoms with E-state index in [1.165, 1.54) is 19.3 Å². The van der Waals surface area contributed by atoms with Gasteiger partial charge in [0.2, 0.25) is 0 Å². The second kappa shape index (κ2) is 7.55. The van der Waals surface area contributed by atoms with Gasteiger partial charge in [-0.05, 0) is 48.1 Å². The van der Waals surface area contributed by atoms with Crippen molar-refractivity contribution >= 4 is 0 Å². The molecule has 3 atom stereocenters. The number of nitrogens with one attached hydrogen (secondary N) is 1. The van der Waals surface area contributed by atoms with E-state index in [0.29, 0.717) is 30.1 Å².